The molecule has 0 amide bonds. The highest BCUT2D eigenvalue weighted by Gasteiger charge is 2.01. The summed E-state index contributed by atoms with van der Waals surface area (Å²) in [4.78, 5) is 0.952. The summed E-state index contributed by atoms with van der Waals surface area (Å²) in [5.41, 5.74) is 5.41. The van der Waals surface area contributed by atoms with Crippen molar-refractivity contribution in [2.45, 2.75) is 10.3 Å². The van der Waals surface area contributed by atoms with Gasteiger partial charge >= 0.3 is 0 Å². The zero-order valence-electron chi connectivity index (χ0n) is 6.20. The van der Waals surface area contributed by atoms with Crippen LogP contribution in [0.5, 0.6) is 0 Å². The normalized spacial score (nSPS) is 12.1. The lowest BCUT2D eigenvalue weighted by Gasteiger charge is -2.01. The highest BCUT2D eigenvalue weighted by atomic mass is 35.5. The second-order valence-electron chi connectivity index (χ2n) is 2.12. The molecule has 0 aliphatic carbocycles. The average molecular weight is 199 g/mol. The summed E-state index contributed by atoms with van der Waals surface area (Å²) in [6, 6.07) is 9.15. The summed E-state index contributed by atoms with van der Waals surface area (Å²) in [7, 11) is 0. The summed E-state index contributed by atoms with van der Waals surface area (Å²) in [5.74, 6) is 0. The Hall–Kier alpha value is -0.690. The number of nitrogens with two attached hydrogens (primary N) is 1. The van der Waals surface area contributed by atoms with Crippen molar-refractivity contribution >= 4 is 23.4 Å². The van der Waals surface area contributed by atoms with Crippen LogP contribution >= 0.6 is 23.4 Å². The molecule has 2 N–H and O–H groups in total. The van der Waals surface area contributed by atoms with Crippen molar-refractivity contribution in [3.05, 3.63) is 29.3 Å². The molecule has 1 atom stereocenters. The lowest BCUT2D eigenvalue weighted by Crippen LogP contribution is -2.11. The first-order valence-corrected chi connectivity index (χ1v) is 4.55. The fraction of sp³-hybridized carbons (Fsp3) is 0.125. The number of nitriles is 1. The lowest BCUT2D eigenvalue weighted by atomic mass is 10.4. The number of benzene rings is 1. The highest BCUT2D eigenvalue weighted by molar-refractivity contribution is 8.00. The molecular formula is C8H7ClN2S. The van der Waals surface area contributed by atoms with Crippen LogP contribution in [0, 0.1) is 11.3 Å². The summed E-state index contributed by atoms with van der Waals surface area (Å²) in [6.07, 6.45) is 0. The van der Waals surface area contributed by atoms with Crippen molar-refractivity contribution < 1.29 is 0 Å². The molecule has 0 spiro atoms. The third-order valence-corrected chi connectivity index (χ3v) is 2.36. The van der Waals surface area contributed by atoms with Crippen molar-refractivity contribution in [1.29, 1.82) is 5.26 Å². The van der Waals surface area contributed by atoms with Gasteiger partial charge in [0, 0.05) is 9.92 Å². The molecule has 1 aromatic carbocycles. The van der Waals surface area contributed by atoms with Crippen molar-refractivity contribution in [2.75, 3.05) is 0 Å². The number of hydrogen-bond donors (Lipinski definition) is 1. The Morgan fingerprint density at radius 1 is 1.42 bits per heavy atom. The molecule has 12 heavy (non-hydrogen) atoms. The minimum Gasteiger partial charge on any atom is -0.307 e. The zero-order valence-corrected chi connectivity index (χ0v) is 7.77. The van der Waals surface area contributed by atoms with Gasteiger partial charge in [-0.05, 0) is 24.3 Å². The van der Waals surface area contributed by atoms with E-state index in [-0.39, 0.29) is 0 Å². The van der Waals surface area contributed by atoms with Crippen molar-refractivity contribution in [2.24, 2.45) is 5.73 Å². The van der Waals surface area contributed by atoms with Crippen LogP contribution in [0.2, 0.25) is 5.02 Å². The second-order valence-corrected chi connectivity index (χ2v) is 3.77. The molecule has 0 fully saturated rings. The quantitative estimate of drug-likeness (QED) is 0.586. The molecule has 0 saturated heterocycles. The first kappa shape index (κ1) is 9.40. The van der Waals surface area contributed by atoms with E-state index in [1.165, 1.54) is 11.8 Å². The first-order chi connectivity index (χ1) is 5.72. The van der Waals surface area contributed by atoms with E-state index >= 15 is 0 Å². The van der Waals surface area contributed by atoms with Gasteiger partial charge in [-0.3, -0.25) is 0 Å². The predicted molar refractivity (Wildman–Crippen MR) is 50.9 cm³/mol. The molecule has 0 aromatic heterocycles. The van der Waals surface area contributed by atoms with Gasteiger partial charge in [0.25, 0.3) is 0 Å². The number of halogens is 1. The van der Waals surface area contributed by atoms with E-state index in [0.717, 1.165) is 4.90 Å². The minimum absolute atomic E-state index is 0.508. The standard InChI is InChI=1S/C8H7ClN2S/c9-6-1-3-7(4-2-6)12-8(11)5-10/h1-4,8H,11H2. The number of hydrogen-bond acceptors (Lipinski definition) is 3. The molecule has 0 saturated carbocycles. The topological polar surface area (TPSA) is 49.8 Å². The Labute approximate surface area is 80.3 Å². The first-order valence-electron chi connectivity index (χ1n) is 3.30. The Kier molecular flexibility index (Phi) is 3.42. The van der Waals surface area contributed by atoms with Gasteiger partial charge in [0.2, 0.25) is 0 Å². The van der Waals surface area contributed by atoms with Gasteiger partial charge in [-0.15, -0.1) is 0 Å². The van der Waals surface area contributed by atoms with E-state index in [2.05, 4.69) is 0 Å². The summed E-state index contributed by atoms with van der Waals surface area (Å²) in [5, 5.41) is 8.61. The van der Waals surface area contributed by atoms with Gasteiger partial charge in [-0.1, -0.05) is 23.4 Å². The average Bonchev–Trinajstić information content (AvgIpc) is 2.09. The predicted octanol–water partition coefficient (Wildman–Crippen LogP) is 2.24. The molecule has 0 aliphatic heterocycles. The van der Waals surface area contributed by atoms with Gasteiger partial charge in [-0.2, -0.15) is 5.26 Å². The van der Waals surface area contributed by atoms with Crippen LogP contribution in [0.4, 0.5) is 0 Å². The van der Waals surface area contributed by atoms with E-state index in [1.807, 2.05) is 18.2 Å². The molecule has 2 nitrogen and oxygen atoms in total. The van der Waals surface area contributed by atoms with E-state index in [9.17, 15) is 0 Å². The van der Waals surface area contributed by atoms with Crippen molar-refractivity contribution in [1.82, 2.24) is 0 Å². The molecule has 1 rings (SSSR count). The number of rotatable bonds is 2. The highest BCUT2D eigenvalue weighted by Crippen LogP contribution is 2.21. The molecule has 4 heteroatoms. The molecule has 62 valence electrons. The van der Waals surface area contributed by atoms with Gasteiger partial charge in [-0.25, -0.2) is 0 Å². The molecule has 0 bridgehead atoms. The monoisotopic (exact) mass is 198 g/mol. The van der Waals surface area contributed by atoms with E-state index in [4.69, 9.17) is 22.6 Å². The van der Waals surface area contributed by atoms with E-state index in [1.54, 1.807) is 12.1 Å². The summed E-state index contributed by atoms with van der Waals surface area (Å²) in [6.45, 7) is 0. The van der Waals surface area contributed by atoms with Crippen LogP contribution < -0.4 is 5.73 Å². The van der Waals surface area contributed by atoms with Crippen LogP contribution in [-0.2, 0) is 0 Å². The maximum atomic E-state index is 8.43. The Morgan fingerprint density at radius 3 is 2.50 bits per heavy atom. The Morgan fingerprint density at radius 2 is 2.00 bits per heavy atom. The van der Waals surface area contributed by atoms with Gasteiger partial charge in [0.15, 0.2) is 0 Å². The fourth-order valence-corrected chi connectivity index (χ4v) is 1.45. The van der Waals surface area contributed by atoms with Crippen LogP contribution in [0.25, 0.3) is 0 Å². The maximum absolute atomic E-state index is 8.43. The largest absolute Gasteiger partial charge is 0.307 e. The number of thioether (sulfide) groups is 1. The molecule has 0 radical (unpaired) electrons. The van der Waals surface area contributed by atoms with Crippen LogP contribution in [0.1, 0.15) is 0 Å². The molecule has 1 aromatic rings. The SMILES string of the molecule is N#CC(N)Sc1ccc(Cl)cc1. The maximum Gasteiger partial charge on any atom is 0.144 e. The summed E-state index contributed by atoms with van der Waals surface area (Å²) >= 11 is 6.99. The molecule has 1 unspecified atom stereocenters. The smallest absolute Gasteiger partial charge is 0.144 e. The Balaban J connectivity index is 2.66. The van der Waals surface area contributed by atoms with Gasteiger partial charge in [0.1, 0.15) is 5.37 Å². The fourth-order valence-electron chi connectivity index (χ4n) is 0.686. The third kappa shape index (κ3) is 2.74. The lowest BCUT2D eigenvalue weighted by molar-refractivity contribution is 1.16. The van der Waals surface area contributed by atoms with Crippen LogP contribution in [-0.4, -0.2) is 5.37 Å². The molecule has 0 heterocycles. The molecular weight excluding hydrogens is 192 g/mol. The van der Waals surface area contributed by atoms with E-state index < -0.39 is 5.37 Å². The second kappa shape index (κ2) is 4.36. The van der Waals surface area contributed by atoms with Gasteiger partial charge in [0.05, 0.1) is 6.07 Å². The third-order valence-electron chi connectivity index (χ3n) is 1.20. The molecule has 0 aliphatic rings. The Bertz CT molecular complexity index is 291. The number of nitrogens with zero attached hydrogens (tertiary/aromatic N) is 1. The van der Waals surface area contributed by atoms with Crippen LogP contribution in [0.15, 0.2) is 29.2 Å². The zero-order chi connectivity index (χ0) is 8.97. The van der Waals surface area contributed by atoms with Crippen molar-refractivity contribution in [3.8, 4) is 6.07 Å². The van der Waals surface area contributed by atoms with E-state index in [0.29, 0.717) is 5.02 Å². The summed E-state index contributed by atoms with van der Waals surface area (Å²) < 4.78 is 0. The minimum atomic E-state index is -0.508. The van der Waals surface area contributed by atoms with Gasteiger partial charge < -0.3 is 5.73 Å². The van der Waals surface area contributed by atoms with Crippen molar-refractivity contribution in [3.63, 3.8) is 0 Å². The van der Waals surface area contributed by atoms with Crippen LogP contribution in [0.3, 0.4) is 0 Å².